The van der Waals surface area contributed by atoms with Gasteiger partial charge in [0.25, 0.3) is 0 Å². The zero-order valence-corrected chi connectivity index (χ0v) is 10.9. The molecule has 0 unspecified atom stereocenters. The summed E-state index contributed by atoms with van der Waals surface area (Å²) in [5.41, 5.74) is 3.74. The fraction of sp³-hybridized carbons (Fsp3) is 0.400. The Labute approximate surface area is 99.0 Å². The molecule has 0 amide bonds. The van der Waals surface area contributed by atoms with Gasteiger partial charge in [-0.05, 0) is 29.6 Å². The fourth-order valence-corrected chi connectivity index (χ4v) is 1.54. The average molecular weight is 215 g/mol. The molecule has 0 bridgehead atoms. The number of aliphatic imine (C=N–C) groups is 1. The summed E-state index contributed by atoms with van der Waals surface area (Å²) in [7, 11) is 1.84. The molecule has 0 spiro atoms. The highest BCUT2D eigenvalue weighted by Crippen LogP contribution is 2.29. The Morgan fingerprint density at radius 3 is 2.38 bits per heavy atom. The summed E-state index contributed by atoms with van der Waals surface area (Å²) in [6, 6.07) is 0. The lowest BCUT2D eigenvalue weighted by Gasteiger charge is -2.23. The van der Waals surface area contributed by atoms with Crippen LogP contribution in [0.3, 0.4) is 0 Å². The summed E-state index contributed by atoms with van der Waals surface area (Å²) < 4.78 is 0. The third-order valence-electron chi connectivity index (χ3n) is 2.61. The van der Waals surface area contributed by atoms with Gasteiger partial charge >= 0.3 is 0 Å². The van der Waals surface area contributed by atoms with Gasteiger partial charge in [0.1, 0.15) is 0 Å². The number of allylic oxidation sites excluding steroid dienone is 8. The summed E-state index contributed by atoms with van der Waals surface area (Å²) in [6.07, 6.45) is 12.7. The Balaban J connectivity index is 3.07. The van der Waals surface area contributed by atoms with E-state index in [0.29, 0.717) is 0 Å². The van der Waals surface area contributed by atoms with Crippen molar-refractivity contribution in [3.63, 3.8) is 0 Å². The third-order valence-corrected chi connectivity index (χ3v) is 2.61. The van der Waals surface area contributed by atoms with Crippen molar-refractivity contribution in [2.75, 3.05) is 7.05 Å². The highest BCUT2D eigenvalue weighted by molar-refractivity contribution is 6.12. The first kappa shape index (κ1) is 12.7. The smallest absolute Gasteiger partial charge is 0.0646 e. The van der Waals surface area contributed by atoms with Crippen LogP contribution in [0.25, 0.3) is 0 Å². The van der Waals surface area contributed by atoms with E-state index in [4.69, 9.17) is 0 Å². The minimum absolute atomic E-state index is 0.179. The molecule has 1 aliphatic carbocycles. The maximum absolute atomic E-state index is 4.33. The van der Waals surface area contributed by atoms with Gasteiger partial charge in [-0.1, -0.05) is 51.2 Å². The van der Waals surface area contributed by atoms with E-state index in [1.807, 2.05) is 26.1 Å². The second kappa shape index (κ2) is 5.11. The van der Waals surface area contributed by atoms with Crippen molar-refractivity contribution in [3.8, 4) is 0 Å². The molecule has 1 rings (SSSR count). The first-order valence-corrected chi connectivity index (χ1v) is 5.69. The second-order valence-electron chi connectivity index (χ2n) is 4.94. The van der Waals surface area contributed by atoms with E-state index < -0.39 is 0 Å². The van der Waals surface area contributed by atoms with Crippen molar-refractivity contribution in [1.82, 2.24) is 0 Å². The van der Waals surface area contributed by atoms with Crippen molar-refractivity contribution in [1.29, 1.82) is 0 Å². The Hall–Kier alpha value is -1.37. The van der Waals surface area contributed by atoms with Crippen molar-refractivity contribution in [2.45, 2.75) is 27.7 Å². The van der Waals surface area contributed by atoms with Crippen molar-refractivity contribution in [3.05, 3.63) is 47.6 Å². The van der Waals surface area contributed by atoms with Crippen molar-refractivity contribution < 1.29 is 0 Å². The summed E-state index contributed by atoms with van der Waals surface area (Å²) in [5, 5.41) is 0. The topological polar surface area (TPSA) is 12.4 Å². The van der Waals surface area contributed by atoms with Gasteiger partial charge < -0.3 is 0 Å². The lowest BCUT2D eigenvalue weighted by atomic mass is 9.82. The molecule has 0 aromatic rings. The minimum Gasteiger partial charge on any atom is -0.288 e. The first-order chi connectivity index (χ1) is 7.49. The van der Waals surface area contributed by atoms with E-state index >= 15 is 0 Å². The van der Waals surface area contributed by atoms with Crippen LogP contribution in [0.4, 0.5) is 0 Å². The summed E-state index contributed by atoms with van der Waals surface area (Å²) in [6.45, 7) is 8.67. The molecular formula is C15H21N. The molecule has 0 aromatic heterocycles. The summed E-state index contributed by atoms with van der Waals surface area (Å²) in [5.74, 6) is 0. The minimum atomic E-state index is 0.179. The van der Waals surface area contributed by atoms with E-state index in [9.17, 15) is 0 Å². The van der Waals surface area contributed by atoms with Crippen LogP contribution in [0, 0.1) is 5.41 Å². The zero-order valence-electron chi connectivity index (χ0n) is 10.9. The van der Waals surface area contributed by atoms with Gasteiger partial charge in [0.15, 0.2) is 0 Å². The fourth-order valence-electron chi connectivity index (χ4n) is 1.54. The van der Waals surface area contributed by atoms with E-state index in [1.165, 1.54) is 11.1 Å². The van der Waals surface area contributed by atoms with Gasteiger partial charge in [-0.2, -0.15) is 0 Å². The van der Waals surface area contributed by atoms with Crippen LogP contribution in [0.1, 0.15) is 27.7 Å². The van der Waals surface area contributed by atoms with Crippen LogP contribution in [0.2, 0.25) is 0 Å². The molecular weight excluding hydrogens is 194 g/mol. The van der Waals surface area contributed by atoms with E-state index in [-0.39, 0.29) is 5.41 Å². The van der Waals surface area contributed by atoms with Gasteiger partial charge in [0, 0.05) is 7.05 Å². The predicted molar refractivity (Wildman–Crippen MR) is 72.9 cm³/mol. The highest BCUT2D eigenvalue weighted by Gasteiger charge is 2.18. The van der Waals surface area contributed by atoms with Gasteiger partial charge in [-0.25, -0.2) is 0 Å². The average Bonchev–Trinajstić information content (AvgIpc) is 2.24. The summed E-state index contributed by atoms with van der Waals surface area (Å²) >= 11 is 0. The van der Waals surface area contributed by atoms with Gasteiger partial charge in [0.2, 0.25) is 0 Å². The van der Waals surface area contributed by atoms with Crippen molar-refractivity contribution in [2.24, 2.45) is 10.4 Å². The second-order valence-corrected chi connectivity index (χ2v) is 4.94. The third kappa shape index (κ3) is 3.06. The lowest BCUT2D eigenvalue weighted by Crippen LogP contribution is -2.13. The Morgan fingerprint density at radius 2 is 1.88 bits per heavy atom. The molecule has 0 N–H and O–H groups in total. The Morgan fingerprint density at radius 1 is 1.19 bits per heavy atom. The van der Waals surface area contributed by atoms with E-state index in [1.54, 1.807) is 0 Å². The zero-order chi connectivity index (χ0) is 12.2. The molecule has 0 radical (unpaired) electrons. The Bertz CT molecular complexity index is 396. The van der Waals surface area contributed by atoms with Gasteiger partial charge in [-0.3, -0.25) is 4.99 Å². The van der Waals surface area contributed by atoms with E-state index in [2.05, 4.69) is 50.1 Å². The van der Waals surface area contributed by atoms with Crippen LogP contribution in [0.5, 0.6) is 0 Å². The Kier molecular flexibility index (Phi) is 4.05. The molecule has 1 aliphatic rings. The maximum Gasteiger partial charge on any atom is 0.0646 e. The molecule has 86 valence electrons. The highest BCUT2D eigenvalue weighted by atomic mass is 14.7. The molecule has 0 saturated carbocycles. The maximum atomic E-state index is 4.33. The molecule has 1 heteroatoms. The summed E-state index contributed by atoms with van der Waals surface area (Å²) in [4.78, 5) is 4.33. The molecule has 0 aromatic carbocycles. The molecule has 0 heterocycles. The van der Waals surface area contributed by atoms with Crippen LogP contribution < -0.4 is 0 Å². The number of rotatable bonds is 1. The molecule has 0 atom stereocenters. The number of hydrogen-bond donors (Lipinski definition) is 0. The van der Waals surface area contributed by atoms with Crippen LogP contribution in [-0.4, -0.2) is 12.8 Å². The van der Waals surface area contributed by atoms with Crippen LogP contribution in [0.15, 0.2) is 52.6 Å². The monoisotopic (exact) mass is 215 g/mol. The number of nitrogens with zero attached hydrogens (tertiary/aromatic N) is 1. The molecule has 0 aliphatic heterocycles. The quantitative estimate of drug-likeness (QED) is 0.624. The molecule has 0 fully saturated rings. The normalized spacial score (nSPS) is 22.2. The van der Waals surface area contributed by atoms with Crippen LogP contribution in [-0.2, 0) is 0 Å². The largest absolute Gasteiger partial charge is 0.288 e. The van der Waals surface area contributed by atoms with Gasteiger partial charge in [0.05, 0.1) is 5.71 Å². The predicted octanol–water partition coefficient (Wildman–Crippen LogP) is 4.10. The SMILES string of the molecule is C\C=C/C=C1/C=CC(C(C)(C)C)=C/C1=N/C. The van der Waals surface area contributed by atoms with Crippen LogP contribution >= 0.6 is 0 Å². The molecule has 1 nitrogen and oxygen atoms in total. The molecule has 0 saturated heterocycles. The van der Waals surface area contributed by atoms with E-state index in [0.717, 1.165) is 5.71 Å². The standard InChI is InChI=1S/C15H21N/c1-6-7-8-12-9-10-13(15(2,3)4)11-14(12)16-5/h6-11H,1-5H3/b7-6-,12-8-,16-14-. The lowest BCUT2D eigenvalue weighted by molar-refractivity contribution is 0.517. The molecule has 16 heavy (non-hydrogen) atoms. The van der Waals surface area contributed by atoms with Crippen molar-refractivity contribution >= 4 is 5.71 Å². The van der Waals surface area contributed by atoms with Gasteiger partial charge in [-0.15, -0.1) is 0 Å². The number of hydrogen-bond acceptors (Lipinski definition) is 1. The first-order valence-electron chi connectivity index (χ1n) is 5.69.